The summed E-state index contributed by atoms with van der Waals surface area (Å²) in [4.78, 5) is 8.24. The molecule has 3 rings (SSSR count). The fourth-order valence-corrected chi connectivity index (χ4v) is 4.37. The molecule has 4 nitrogen and oxygen atoms in total. The van der Waals surface area contributed by atoms with E-state index < -0.39 is 0 Å². The number of hydrogen-bond donors (Lipinski definition) is 1. The molecule has 1 aromatic heterocycles. The zero-order valence-electron chi connectivity index (χ0n) is 14.8. The third kappa shape index (κ3) is 3.97. The molecule has 0 bridgehead atoms. The summed E-state index contributed by atoms with van der Waals surface area (Å²) in [5.74, 6) is 1.56. The maximum absolute atomic E-state index is 5.28. The van der Waals surface area contributed by atoms with Gasteiger partial charge in [0.25, 0.3) is 0 Å². The van der Waals surface area contributed by atoms with Gasteiger partial charge in [-0.1, -0.05) is 19.1 Å². The number of ether oxygens (including phenoxy) is 1. The van der Waals surface area contributed by atoms with Gasteiger partial charge in [0.05, 0.1) is 12.1 Å². The molecule has 2 heterocycles. The average Bonchev–Trinajstić information content (AvgIpc) is 3.22. The van der Waals surface area contributed by atoms with Gasteiger partial charge in [0.1, 0.15) is 5.75 Å². The molecule has 0 unspecified atom stereocenters. The quantitative estimate of drug-likeness (QED) is 0.833. The van der Waals surface area contributed by atoms with Crippen molar-refractivity contribution in [3.63, 3.8) is 0 Å². The third-order valence-corrected chi connectivity index (χ3v) is 5.98. The zero-order chi connectivity index (χ0) is 16.9. The van der Waals surface area contributed by atoms with Gasteiger partial charge in [-0.05, 0) is 50.0 Å². The molecule has 5 heteroatoms. The van der Waals surface area contributed by atoms with Crippen molar-refractivity contribution < 1.29 is 4.74 Å². The predicted octanol–water partition coefficient (Wildman–Crippen LogP) is 3.50. The van der Waals surface area contributed by atoms with Crippen molar-refractivity contribution in [2.45, 2.75) is 32.4 Å². The molecule has 2 aromatic rings. The van der Waals surface area contributed by atoms with Crippen LogP contribution in [0.3, 0.4) is 0 Å². The van der Waals surface area contributed by atoms with Crippen LogP contribution in [0.15, 0.2) is 30.5 Å². The minimum absolute atomic E-state index is 0.482. The number of rotatable bonds is 7. The van der Waals surface area contributed by atoms with E-state index in [1.807, 2.05) is 17.5 Å². The first-order chi connectivity index (χ1) is 11.7. The Bertz CT molecular complexity index is 640. The van der Waals surface area contributed by atoms with E-state index in [-0.39, 0.29) is 0 Å². The summed E-state index contributed by atoms with van der Waals surface area (Å²) in [6.07, 6.45) is 4.28. The second-order valence-corrected chi connectivity index (χ2v) is 7.65. The molecule has 1 aliphatic heterocycles. The van der Waals surface area contributed by atoms with Gasteiger partial charge in [-0.25, -0.2) is 4.98 Å². The predicted molar refractivity (Wildman–Crippen MR) is 99.7 cm³/mol. The van der Waals surface area contributed by atoms with Crippen molar-refractivity contribution >= 4 is 11.3 Å². The minimum atomic E-state index is 0.482. The van der Waals surface area contributed by atoms with Crippen LogP contribution in [0, 0.1) is 5.92 Å². The van der Waals surface area contributed by atoms with Gasteiger partial charge in [-0.3, -0.25) is 4.90 Å². The van der Waals surface area contributed by atoms with Gasteiger partial charge in [-0.2, -0.15) is 0 Å². The highest BCUT2D eigenvalue weighted by Gasteiger charge is 2.32. The lowest BCUT2D eigenvalue weighted by atomic mass is 9.93. The fourth-order valence-electron chi connectivity index (χ4n) is 3.54. The smallest absolute Gasteiger partial charge is 0.118 e. The van der Waals surface area contributed by atoms with E-state index in [0.717, 1.165) is 31.8 Å². The monoisotopic (exact) mass is 345 g/mol. The van der Waals surface area contributed by atoms with E-state index >= 15 is 0 Å². The van der Waals surface area contributed by atoms with E-state index in [9.17, 15) is 0 Å². The molecule has 0 amide bonds. The lowest BCUT2D eigenvalue weighted by Crippen LogP contribution is -2.28. The van der Waals surface area contributed by atoms with E-state index in [0.29, 0.717) is 12.0 Å². The van der Waals surface area contributed by atoms with Crippen LogP contribution in [0.1, 0.15) is 34.8 Å². The Morgan fingerprint density at radius 1 is 1.33 bits per heavy atom. The highest BCUT2D eigenvalue weighted by Crippen LogP contribution is 2.36. The number of nitrogens with zero attached hydrogens (tertiary/aromatic N) is 2. The standard InChI is InChI=1S/C19H27N3OS/c1-4-18-21-13-17(24-18)12-20-11-15-9-10-22(2)19(15)14-5-7-16(23-3)8-6-14/h5-8,13,15,19-20H,4,9-12H2,1-3H3/t15-,19-/m0/s1. The van der Waals surface area contributed by atoms with E-state index in [1.165, 1.54) is 21.9 Å². The molecule has 0 saturated carbocycles. The van der Waals surface area contributed by atoms with Crippen LogP contribution >= 0.6 is 11.3 Å². The fraction of sp³-hybridized carbons (Fsp3) is 0.526. The van der Waals surface area contributed by atoms with Gasteiger partial charge in [0.15, 0.2) is 0 Å². The lowest BCUT2D eigenvalue weighted by molar-refractivity contribution is 0.272. The molecule has 0 radical (unpaired) electrons. The molecule has 1 fully saturated rings. The third-order valence-electron chi connectivity index (χ3n) is 4.84. The molecule has 0 spiro atoms. The molecule has 1 saturated heterocycles. The summed E-state index contributed by atoms with van der Waals surface area (Å²) in [5.41, 5.74) is 1.38. The van der Waals surface area contributed by atoms with E-state index in [4.69, 9.17) is 4.74 Å². The molecule has 130 valence electrons. The molecule has 24 heavy (non-hydrogen) atoms. The van der Waals surface area contributed by atoms with Crippen LogP contribution in [0.4, 0.5) is 0 Å². The second kappa shape index (κ2) is 8.10. The SMILES string of the molecule is CCc1ncc(CNC[C@@H]2CCN(C)[C@H]2c2ccc(OC)cc2)s1. The molecular weight excluding hydrogens is 318 g/mol. The number of aryl methyl sites for hydroxylation is 1. The summed E-state index contributed by atoms with van der Waals surface area (Å²) in [7, 11) is 3.94. The van der Waals surface area contributed by atoms with Crippen LogP contribution in [-0.4, -0.2) is 37.1 Å². The second-order valence-electron chi connectivity index (χ2n) is 6.45. The summed E-state index contributed by atoms with van der Waals surface area (Å²) in [6.45, 7) is 5.28. The number of benzene rings is 1. The molecular formula is C19H27N3OS. The number of hydrogen-bond acceptors (Lipinski definition) is 5. The van der Waals surface area contributed by atoms with Crippen molar-refractivity contribution in [2.75, 3.05) is 27.2 Å². The first kappa shape index (κ1) is 17.4. The first-order valence-corrected chi connectivity index (χ1v) is 9.51. The Kier molecular flexibility index (Phi) is 5.87. The largest absolute Gasteiger partial charge is 0.497 e. The van der Waals surface area contributed by atoms with Crippen molar-refractivity contribution in [3.8, 4) is 5.75 Å². The van der Waals surface area contributed by atoms with Gasteiger partial charge in [-0.15, -0.1) is 11.3 Å². The number of aromatic nitrogens is 1. The highest BCUT2D eigenvalue weighted by atomic mass is 32.1. The number of likely N-dealkylation sites (tertiary alicyclic amines) is 1. The maximum Gasteiger partial charge on any atom is 0.118 e. The molecule has 2 atom stereocenters. The molecule has 1 N–H and O–H groups in total. The van der Waals surface area contributed by atoms with E-state index in [2.05, 4.69) is 53.4 Å². The molecule has 0 aliphatic carbocycles. The van der Waals surface area contributed by atoms with Gasteiger partial charge >= 0.3 is 0 Å². The van der Waals surface area contributed by atoms with Crippen LogP contribution in [-0.2, 0) is 13.0 Å². The van der Waals surface area contributed by atoms with Crippen molar-refractivity contribution in [3.05, 3.63) is 45.9 Å². The van der Waals surface area contributed by atoms with Crippen LogP contribution in [0.2, 0.25) is 0 Å². The van der Waals surface area contributed by atoms with Crippen molar-refractivity contribution in [1.29, 1.82) is 0 Å². The lowest BCUT2D eigenvalue weighted by Gasteiger charge is -2.26. The summed E-state index contributed by atoms with van der Waals surface area (Å²) in [5, 5.41) is 4.87. The number of thiazole rings is 1. The summed E-state index contributed by atoms with van der Waals surface area (Å²) < 4.78 is 5.28. The number of nitrogens with one attached hydrogen (secondary N) is 1. The highest BCUT2D eigenvalue weighted by molar-refractivity contribution is 7.11. The first-order valence-electron chi connectivity index (χ1n) is 8.69. The van der Waals surface area contributed by atoms with Crippen LogP contribution in [0.25, 0.3) is 0 Å². The Morgan fingerprint density at radius 2 is 2.12 bits per heavy atom. The van der Waals surface area contributed by atoms with Gasteiger partial charge in [0, 0.05) is 30.2 Å². The Morgan fingerprint density at radius 3 is 2.79 bits per heavy atom. The summed E-state index contributed by atoms with van der Waals surface area (Å²) >= 11 is 1.82. The van der Waals surface area contributed by atoms with Gasteiger partial charge < -0.3 is 10.1 Å². The van der Waals surface area contributed by atoms with E-state index in [1.54, 1.807) is 7.11 Å². The maximum atomic E-state index is 5.28. The Balaban J connectivity index is 1.59. The number of methoxy groups -OCH3 is 1. The zero-order valence-corrected chi connectivity index (χ0v) is 15.6. The van der Waals surface area contributed by atoms with Gasteiger partial charge in [0.2, 0.25) is 0 Å². The van der Waals surface area contributed by atoms with Crippen molar-refractivity contribution in [2.24, 2.45) is 5.92 Å². The Labute approximate surface area is 148 Å². The topological polar surface area (TPSA) is 37.4 Å². The van der Waals surface area contributed by atoms with Crippen LogP contribution in [0.5, 0.6) is 5.75 Å². The molecule has 1 aliphatic rings. The average molecular weight is 346 g/mol. The van der Waals surface area contributed by atoms with Crippen LogP contribution < -0.4 is 10.1 Å². The normalized spacial score (nSPS) is 21.3. The Hall–Kier alpha value is -1.43. The summed E-state index contributed by atoms with van der Waals surface area (Å²) in [6, 6.07) is 9.02. The van der Waals surface area contributed by atoms with Crippen molar-refractivity contribution in [1.82, 2.24) is 15.2 Å². The minimum Gasteiger partial charge on any atom is -0.497 e. The molecule has 1 aromatic carbocycles.